The molecule has 2 rings (SSSR count). The lowest BCUT2D eigenvalue weighted by Gasteiger charge is -2.53. The number of ether oxygens (including phenoxy) is 2. The zero-order valence-electron chi connectivity index (χ0n) is 13.9. The highest BCUT2D eigenvalue weighted by Crippen LogP contribution is 2.38. The molecule has 0 saturated carbocycles. The summed E-state index contributed by atoms with van der Waals surface area (Å²) in [6.07, 6.45) is 5.02. The molecule has 4 nitrogen and oxygen atoms in total. The van der Waals surface area contributed by atoms with Gasteiger partial charge in [0.15, 0.2) is 0 Å². The van der Waals surface area contributed by atoms with E-state index in [0.717, 1.165) is 58.6 Å². The number of likely N-dealkylation sites (tertiary alicyclic amines) is 1. The van der Waals surface area contributed by atoms with Crippen LogP contribution >= 0.6 is 0 Å². The van der Waals surface area contributed by atoms with Crippen molar-refractivity contribution in [1.82, 2.24) is 4.90 Å². The summed E-state index contributed by atoms with van der Waals surface area (Å²) in [5.74, 6) is 1.59. The molecule has 0 N–H and O–H groups in total. The van der Waals surface area contributed by atoms with E-state index in [2.05, 4.69) is 13.8 Å². The Morgan fingerprint density at radius 2 is 2.19 bits per heavy atom. The molecule has 0 bridgehead atoms. The van der Waals surface area contributed by atoms with Crippen LogP contribution in [0.25, 0.3) is 0 Å². The first kappa shape index (κ1) is 16.8. The molecule has 1 spiro atoms. The number of carbonyl (C=O) groups excluding carboxylic acids is 1. The fourth-order valence-electron chi connectivity index (χ4n) is 3.39. The topological polar surface area (TPSA) is 38.8 Å². The van der Waals surface area contributed by atoms with Gasteiger partial charge >= 0.3 is 0 Å². The van der Waals surface area contributed by atoms with Crippen LogP contribution in [0.4, 0.5) is 0 Å². The van der Waals surface area contributed by atoms with E-state index in [1.807, 2.05) is 11.8 Å². The first-order valence-electron chi connectivity index (χ1n) is 8.54. The van der Waals surface area contributed by atoms with Crippen LogP contribution in [0.5, 0.6) is 0 Å². The van der Waals surface area contributed by atoms with Crippen molar-refractivity contribution in [3.05, 3.63) is 0 Å². The van der Waals surface area contributed by atoms with E-state index in [4.69, 9.17) is 9.47 Å². The molecule has 21 heavy (non-hydrogen) atoms. The van der Waals surface area contributed by atoms with Gasteiger partial charge in [-0.3, -0.25) is 4.79 Å². The summed E-state index contributed by atoms with van der Waals surface area (Å²) in [6.45, 7) is 10.5. The summed E-state index contributed by atoms with van der Waals surface area (Å²) < 4.78 is 11.5. The predicted octanol–water partition coefficient (Wildman–Crippen LogP) is 2.86. The largest absolute Gasteiger partial charge is 0.382 e. The van der Waals surface area contributed by atoms with Crippen LogP contribution in [-0.2, 0) is 14.3 Å². The third-order valence-electron chi connectivity index (χ3n) is 4.72. The van der Waals surface area contributed by atoms with Crippen LogP contribution in [-0.4, -0.2) is 49.3 Å². The van der Waals surface area contributed by atoms with Gasteiger partial charge in [0.05, 0.1) is 13.1 Å². The second kappa shape index (κ2) is 7.59. The van der Waals surface area contributed by atoms with Gasteiger partial charge in [0.1, 0.15) is 5.60 Å². The number of carbonyl (C=O) groups is 1. The first-order chi connectivity index (χ1) is 10.0. The van der Waals surface area contributed by atoms with Gasteiger partial charge in [0.25, 0.3) is 0 Å². The SMILES string of the molecule is CCOCC[C@H]1CCOC2(C1)CN(C(=O)CCC(C)C)C2. The Kier molecular flexibility index (Phi) is 6.06. The molecule has 0 unspecified atom stereocenters. The summed E-state index contributed by atoms with van der Waals surface area (Å²) in [5, 5.41) is 0. The Hall–Kier alpha value is -0.610. The minimum atomic E-state index is -0.0391. The van der Waals surface area contributed by atoms with Crippen LogP contribution < -0.4 is 0 Å². The van der Waals surface area contributed by atoms with E-state index in [-0.39, 0.29) is 5.60 Å². The molecule has 4 heteroatoms. The average molecular weight is 297 g/mol. The lowest BCUT2D eigenvalue weighted by molar-refractivity contribution is -0.189. The number of hydrogen-bond donors (Lipinski definition) is 0. The van der Waals surface area contributed by atoms with Crippen LogP contribution in [0.2, 0.25) is 0 Å². The molecule has 2 aliphatic rings. The molecule has 122 valence electrons. The quantitative estimate of drug-likeness (QED) is 0.678. The molecule has 0 radical (unpaired) electrons. The lowest BCUT2D eigenvalue weighted by atomic mass is 9.79. The summed E-state index contributed by atoms with van der Waals surface area (Å²) in [4.78, 5) is 14.1. The minimum Gasteiger partial charge on any atom is -0.382 e. The molecule has 1 amide bonds. The lowest BCUT2D eigenvalue weighted by Crippen LogP contribution is -2.66. The van der Waals surface area contributed by atoms with E-state index < -0.39 is 0 Å². The van der Waals surface area contributed by atoms with Gasteiger partial charge in [-0.05, 0) is 44.4 Å². The molecule has 1 atom stereocenters. The van der Waals surface area contributed by atoms with Gasteiger partial charge in [-0.25, -0.2) is 0 Å². The molecule has 2 fully saturated rings. The van der Waals surface area contributed by atoms with Gasteiger partial charge in [0, 0.05) is 26.2 Å². The average Bonchev–Trinajstić information content (AvgIpc) is 2.42. The maximum Gasteiger partial charge on any atom is 0.222 e. The number of hydrogen-bond acceptors (Lipinski definition) is 3. The summed E-state index contributed by atoms with van der Waals surface area (Å²) in [7, 11) is 0. The van der Waals surface area contributed by atoms with Crippen LogP contribution in [0.15, 0.2) is 0 Å². The van der Waals surface area contributed by atoms with Gasteiger partial charge in [0.2, 0.25) is 5.91 Å². The Morgan fingerprint density at radius 3 is 2.86 bits per heavy atom. The molecule has 2 aliphatic heterocycles. The minimum absolute atomic E-state index is 0.0391. The monoisotopic (exact) mass is 297 g/mol. The first-order valence-corrected chi connectivity index (χ1v) is 8.54. The molecule has 2 heterocycles. The van der Waals surface area contributed by atoms with E-state index >= 15 is 0 Å². The molecule has 0 aromatic carbocycles. The molecule has 0 aromatic rings. The zero-order chi connectivity index (χ0) is 15.3. The van der Waals surface area contributed by atoms with Gasteiger partial charge in [-0.15, -0.1) is 0 Å². The van der Waals surface area contributed by atoms with E-state index in [1.165, 1.54) is 0 Å². The van der Waals surface area contributed by atoms with Gasteiger partial charge < -0.3 is 14.4 Å². The second-order valence-corrected chi connectivity index (χ2v) is 7.06. The number of nitrogens with zero attached hydrogens (tertiary/aromatic N) is 1. The maximum absolute atomic E-state index is 12.1. The summed E-state index contributed by atoms with van der Waals surface area (Å²) in [6, 6.07) is 0. The zero-order valence-corrected chi connectivity index (χ0v) is 13.9. The van der Waals surface area contributed by atoms with Gasteiger partial charge in [-0.1, -0.05) is 13.8 Å². The third-order valence-corrected chi connectivity index (χ3v) is 4.72. The van der Waals surface area contributed by atoms with E-state index in [0.29, 0.717) is 24.2 Å². The predicted molar refractivity (Wildman–Crippen MR) is 83.2 cm³/mol. The van der Waals surface area contributed by atoms with Crippen molar-refractivity contribution in [2.24, 2.45) is 11.8 Å². The summed E-state index contributed by atoms with van der Waals surface area (Å²) in [5.41, 5.74) is -0.0391. The maximum atomic E-state index is 12.1. The molecule has 0 aromatic heterocycles. The molecular formula is C17H31NO3. The standard InChI is InChI=1S/C17H31NO3/c1-4-20-9-7-15-8-10-21-17(11-15)12-18(13-17)16(19)6-5-14(2)3/h14-15H,4-13H2,1-3H3/t15-/m0/s1. The van der Waals surface area contributed by atoms with Crippen molar-refractivity contribution in [2.45, 2.75) is 58.5 Å². The van der Waals surface area contributed by atoms with Crippen LogP contribution in [0, 0.1) is 11.8 Å². The Labute approximate surface area is 129 Å². The van der Waals surface area contributed by atoms with Gasteiger partial charge in [-0.2, -0.15) is 0 Å². The second-order valence-electron chi connectivity index (χ2n) is 7.06. The smallest absolute Gasteiger partial charge is 0.222 e. The fourth-order valence-corrected chi connectivity index (χ4v) is 3.39. The molecule has 2 saturated heterocycles. The molecular weight excluding hydrogens is 266 g/mol. The van der Waals surface area contributed by atoms with Crippen molar-refractivity contribution in [1.29, 1.82) is 0 Å². The Balaban J connectivity index is 1.71. The highest BCUT2D eigenvalue weighted by molar-refractivity contribution is 5.77. The highest BCUT2D eigenvalue weighted by Gasteiger charge is 2.48. The van der Waals surface area contributed by atoms with Crippen molar-refractivity contribution < 1.29 is 14.3 Å². The number of rotatable bonds is 7. The highest BCUT2D eigenvalue weighted by atomic mass is 16.5. The van der Waals surface area contributed by atoms with Crippen molar-refractivity contribution in [3.63, 3.8) is 0 Å². The Bertz CT molecular complexity index is 337. The fraction of sp³-hybridized carbons (Fsp3) is 0.941. The molecule has 0 aliphatic carbocycles. The normalized spacial score (nSPS) is 24.4. The van der Waals surface area contributed by atoms with Crippen molar-refractivity contribution in [2.75, 3.05) is 32.9 Å². The Morgan fingerprint density at radius 1 is 1.43 bits per heavy atom. The summed E-state index contributed by atoms with van der Waals surface area (Å²) >= 11 is 0. The van der Waals surface area contributed by atoms with Crippen molar-refractivity contribution >= 4 is 5.91 Å². The third kappa shape index (κ3) is 4.68. The van der Waals surface area contributed by atoms with E-state index in [9.17, 15) is 4.79 Å². The van der Waals surface area contributed by atoms with Crippen LogP contribution in [0.3, 0.4) is 0 Å². The number of amides is 1. The van der Waals surface area contributed by atoms with Crippen molar-refractivity contribution in [3.8, 4) is 0 Å². The van der Waals surface area contributed by atoms with E-state index in [1.54, 1.807) is 0 Å². The van der Waals surface area contributed by atoms with Crippen LogP contribution in [0.1, 0.15) is 52.9 Å².